The number of alkyl halides is 2. The number of nitrogens with zero attached hydrogens (tertiary/aromatic N) is 5. The molecule has 1 aromatic heterocycles. The van der Waals surface area contributed by atoms with Gasteiger partial charge in [-0.2, -0.15) is 13.5 Å². The first kappa shape index (κ1) is 21.2. The summed E-state index contributed by atoms with van der Waals surface area (Å²) in [5, 5.41) is 13.6. The number of benzene rings is 2. The Morgan fingerprint density at radius 1 is 1.09 bits per heavy atom. The number of nitrogens with one attached hydrogen (secondary N) is 1. The van der Waals surface area contributed by atoms with Crippen LogP contribution in [0.3, 0.4) is 0 Å². The molecule has 13 heteroatoms. The lowest BCUT2D eigenvalue weighted by Gasteiger charge is -2.22. The number of rotatable bonds is 6. The molecule has 1 aliphatic heterocycles. The van der Waals surface area contributed by atoms with Gasteiger partial charge in [-0.25, -0.2) is 13.6 Å². The third-order valence-electron chi connectivity index (χ3n) is 4.91. The predicted molar refractivity (Wildman–Crippen MR) is 98.6 cm³/mol. The minimum atomic E-state index is -2.98. The van der Waals surface area contributed by atoms with Crippen molar-refractivity contribution in [2.24, 2.45) is 0 Å². The number of urea groups is 1. The predicted octanol–water partition coefficient (Wildman–Crippen LogP) is 2.51. The second kappa shape index (κ2) is 7.90. The Kier molecular flexibility index (Phi) is 5.24. The Labute approximate surface area is 177 Å². The van der Waals surface area contributed by atoms with Gasteiger partial charge in [0, 0.05) is 0 Å². The molecule has 0 aliphatic carbocycles. The molecule has 3 aromatic rings. The standard InChI is InChI=1S/C19H14F4N6O3/c1-19(10-2-7-13(20)14(21)8-10)16(30)28(18(31)24-19)9-15-25-26-27-29(15)11-3-5-12(6-4-11)32-17(22)23/h2-8,17H,9H2,1H3,(H,24,31). The highest BCUT2D eigenvalue weighted by Gasteiger charge is 2.49. The molecule has 32 heavy (non-hydrogen) atoms. The van der Waals surface area contributed by atoms with E-state index in [2.05, 4.69) is 25.6 Å². The van der Waals surface area contributed by atoms with E-state index in [0.29, 0.717) is 5.69 Å². The van der Waals surface area contributed by atoms with E-state index in [4.69, 9.17) is 0 Å². The average molecular weight is 450 g/mol. The van der Waals surface area contributed by atoms with Crippen molar-refractivity contribution in [3.63, 3.8) is 0 Å². The topological polar surface area (TPSA) is 102 Å². The van der Waals surface area contributed by atoms with Crippen molar-refractivity contribution in [1.82, 2.24) is 30.4 Å². The molecule has 9 nitrogen and oxygen atoms in total. The molecule has 2 heterocycles. The Bertz CT molecular complexity index is 1190. The number of aromatic nitrogens is 4. The van der Waals surface area contributed by atoms with Crippen LogP contribution in [0.25, 0.3) is 5.69 Å². The summed E-state index contributed by atoms with van der Waals surface area (Å²) in [7, 11) is 0. The number of carbonyl (C=O) groups excluding carboxylic acids is 2. The van der Waals surface area contributed by atoms with E-state index in [-0.39, 0.29) is 23.7 Å². The fourth-order valence-corrected chi connectivity index (χ4v) is 3.26. The first-order valence-electron chi connectivity index (χ1n) is 9.11. The first-order chi connectivity index (χ1) is 15.2. The van der Waals surface area contributed by atoms with Crippen molar-refractivity contribution in [1.29, 1.82) is 0 Å². The zero-order valence-electron chi connectivity index (χ0n) is 16.3. The zero-order valence-corrected chi connectivity index (χ0v) is 16.3. The van der Waals surface area contributed by atoms with Gasteiger partial charge in [-0.05, 0) is 59.3 Å². The molecule has 1 N–H and O–H groups in total. The summed E-state index contributed by atoms with van der Waals surface area (Å²) in [6.45, 7) is -1.95. The Morgan fingerprint density at radius 2 is 1.81 bits per heavy atom. The monoisotopic (exact) mass is 450 g/mol. The lowest BCUT2D eigenvalue weighted by atomic mass is 9.92. The number of hydrogen-bond donors (Lipinski definition) is 1. The van der Waals surface area contributed by atoms with E-state index < -0.39 is 35.7 Å². The summed E-state index contributed by atoms with van der Waals surface area (Å²) < 4.78 is 57.1. The zero-order chi connectivity index (χ0) is 23.0. The Hall–Kier alpha value is -4.03. The number of halogens is 4. The highest BCUT2D eigenvalue weighted by Crippen LogP contribution is 2.30. The second-order valence-electron chi connectivity index (χ2n) is 6.95. The van der Waals surface area contributed by atoms with Crippen molar-refractivity contribution in [3.8, 4) is 11.4 Å². The van der Waals surface area contributed by atoms with Crippen LogP contribution in [-0.4, -0.2) is 43.7 Å². The van der Waals surface area contributed by atoms with Gasteiger partial charge in [0.05, 0.1) is 12.2 Å². The number of hydrogen-bond acceptors (Lipinski definition) is 6. The smallest absolute Gasteiger partial charge is 0.387 e. The van der Waals surface area contributed by atoms with Gasteiger partial charge in [0.25, 0.3) is 5.91 Å². The van der Waals surface area contributed by atoms with Crippen molar-refractivity contribution < 1.29 is 31.9 Å². The average Bonchev–Trinajstić information content (AvgIpc) is 3.29. The quantitative estimate of drug-likeness (QED) is 0.458. The van der Waals surface area contributed by atoms with Crippen LogP contribution in [0.2, 0.25) is 0 Å². The van der Waals surface area contributed by atoms with Crippen LogP contribution in [0.4, 0.5) is 22.4 Å². The molecule has 0 bridgehead atoms. The summed E-state index contributed by atoms with van der Waals surface area (Å²) in [5.41, 5.74) is -1.20. The van der Waals surface area contributed by atoms with Crippen molar-refractivity contribution >= 4 is 11.9 Å². The van der Waals surface area contributed by atoms with Gasteiger partial charge >= 0.3 is 12.6 Å². The molecular formula is C19H14F4N6O3. The second-order valence-corrected chi connectivity index (χ2v) is 6.95. The van der Waals surface area contributed by atoms with Crippen LogP contribution in [0.1, 0.15) is 18.3 Å². The molecule has 1 fully saturated rings. The molecular weight excluding hydrogens is 436 g/mol. The van der Waals surface area contributed by atoms with Crippen molar-refractivity contribution in [2.45, 2.75) is 25.6 Å². The molecule has 0 saturated carbocycles. The summed E-state index contributed by atoms with van der Waals surface area (Å²) >= 11 is 0. The van der Waals surface area contributed by atoms with E-state index in [1.807, 2.05) is 0 Å². The SMILES string of the molecule is CC1(c2ccc(F)c(F)c2)NC(=O)N(Cc2nnnn2-c2ccc(OC(F)F)cc2)C1=O. The van der Waals surface area contributed by atoms with Gasteiger partial charge < -0.3 is 10.1 Å². The third-order valence-corrected chi connectivity index (χ3v) is 4.91. The van der Waals surface area contributed by atoms with Gasteiger partial charge in [0.1, 0.15) is 11.3 Å². The van der Waals surface area contributed by atoms with Crippen molar-refractivity contribution in [2.75, 3.05) is 0 Å². The van der Waals surface area contributed by atoms with Crippen LogP contribution in [-0.2, 0) is 16.9 Å². The maximum atomic E-state index is 13.7. The molecule has 1 atom stereocenters. The highest BCUT2D eigenvalue weighted by atomic mass is 19.3. The fourth-order valence-electron chi connectivity index (χ4n) is 3.26. The summed E-state index contributed by atoms with van der Waals surface area (Å²) in [6.07, 6.45) is 0. The molecule has 1 saturated heterocycles. The molecule has 2 aromatic carbocycles. The number of imide groups is 1. The maximum Gasteiger partial charge on any atom is 0.387 e. The largest absolute Gasteiger partial charge is 0.435 e. The van der Waals surface area contributed by atoms with Gasteiger partial charge in [0.2, 0.25) is 0 Å². The van der Waals surface area contributed by atoms with Gasteiger partial charge in [-0.15, -0.1) is 5.10 Å². The van der Waals surface area contributed by atoms with Crippen molar-refractivity contribution in [3.05, 3.63) is 65.5 Å². The van der Waals surface area contributed by atoms with Gasteiger partial charge in [-0.1, -0.05) is 6.07 Å². The first-order valence-corrected chi connectivity index (χ1v) is 9.11. The summed E-state index contributed by atoms with van der Waals surface area (Å²) in [5.74, 6) is -2.95. The minimum absolute atomic E-state index is 0.0615. The van der Waals surface area contributed by atoms with E-state index >= 15 is 0 Å². The third kappa shape index (κ3) is 3.72. The van der Waals surface area contributed by atoms with Crippen LogP contribution in [0.5, 0.6) is 5.75 Å². The van der Waals surface area contributed by atoms with Gasteiger partial charge in [-0.3, -0.25) is 9.69 Å². The number of ether oxygens (including phenoxy) is 1. The molecule has 0 radical (unpaired) electrons. The van der Waals surface area contributed by atoms with Crippen LogP contribution >= 0.6 is 0 Å². The van der Waals surface area contributed by atoms with Gasteiger partial charge in [0.15, 0.2) is 17.5 Å². The molecule has 1 aliphatic rings. The van der Waals surface area contributed by atoms with E-state index in [9.17, 15) is 27.2 Å². The van der Waals surface area contributed by atoms with E-state index in [0.717, 1.165) is 17.0 Å². The van der Waals surface area contributed by atoms with Crippen LogP contribution in [0, 0.1) is 11.6 Å². The summed E-state index contributed by atoms with van der Waals surface area (Å²) in [6, 6.07) is 7.50. The molecule has 1 unspecified atom stereocenters. The molecule has 3 amide bonds. The Balaban J connectivity index is 1.58. The highest BCUT2D eigenvalue weighted by molar-refractivity contribution is 6.07. The number of amides is 3. The minimum Gasteiger partial charge on any atom is -0.435 e. The fraction of sp³-hybridized carbons (Fsp3) is 0.211. The molecule has 0 spiro atoms. The lowest BCUT2D eigenvalue weighted by Crippen LogP contribution is -2.41. The summed E-state index contributed by atoms with van der Waals surface area (Å²) in [4.78, 5) is 26.4. The molecule has 166 valence electrons. The number of tetrazole rings is 1. The molecule has 4 rings (SSSR count). The lowest BCUT2D eigenvalue weighted by molar-refractivity contribution is -0.131. The Morgan fingerprint density at radius 3 is 2.47 bits per heavy atom. The normalized spacial score (nSPS) is 18.4. The van der Waals surface area contributed by atoms with Crippen LogP contribution < -0.4 is 10.1 Å². The van der Waals surface area contributed by atoms with E-state index in [1.165, 1.54) is 41.9 Å². The maximum absolute atomic E-state index is 13.7. The van der Waals surface area contributed by atoms with Crippen LogP contribution in [0.15, 0.2) is 42.5 Å². The van der Waals surface area contributed by atoms with E-state index in [1.54, 1.807) is 0 Å². The number of carbonyl (C=O) groups is 2.